The van der Waals surface area contributed by atoms with E-state index in [4.69, 9.17) is 18.9 Å². The van der Waals surface area contributed by atoms with Gasteiger partial charge in [-0.15, -0.1) is 0 Å². The molecule has 2 atom stereocenters. The van der Waals surface area contributed by atoms with Gasteiger partial charge >= 0.3 is 0 Å². The van der Waals surface area contributed by atoms with Gasteiger partial charge < -0.3 is 9.16 Å². The van der Waals surface area contributed by atoms with Crippen LogP contribution >= 0.6 is 0 Å². The quantitative estimate of drug-likeness (QED) is 0.501. The molecule has 5 heteroatoms. The number of benzene rings is 1. The molecule has 1 fully saturated rings. The van der Waals surface area contributed by atoms with Crippen molar-refractivity contribution >= 4 is 8.32 Å². The summed E-state index contributed by atoms with van der Waals surface area (Å²) in [6.45, 7) is 17.7. The van der Waals surface area contributed by atoms with Crippen LogP contribution in [0.3, 0.4) is 0 Å². The lowest BCUT2D eigenvalue weighted by Gasteiger charge is -2.43. The molecule has 1 aromatic carbocycles. The molecule has 1 aliphatic heterocycles. The van der Waals surface area contributed by atoms with Crippen LogP contribution in [0.1, 0.15) is 52.7 Å². The third-order valence-corrected chi connectivity index (χ3v) is 7.19. The Balaban J connectivity index is 2.39. The first kappa shape index (κ1) is 20.4. The molecule has 0 radical (unpaired) electrons. The normalized spacial score (nSPS) is 24.3. The number of ether oxygens (including phenoxy) is 1. The third kappa shape index (κ3) is 4.45. The highest BCUT2D eigenvalue weighted by molar-refractivity contribution is 6.71. The van der Waals surface area contributed by atoms with E-state index < -0.39 is 13.9 Å². The Kier molecular flexibility index (Phi) is 5.74. The predicted molar refractivity (Wildman–Crippen MR) is 103 cm³/mol. The van der Waals surface area contributed by atoms with E-state index >= 15 is 0 Å². The van der Waals surface area contributed by atoms with Gasteiger partial charge in [0.05, 0.1) is 0 Å². The van der Waals surface area contributed by atoms with Crippen LogP contribution in [0.15, 0.2) is 18.2 Å². The van der Waals surface area contributed by atoms with Crippen LogP contribution < -0.4 is 4.43 Å². The molecule has 0 amide bonds. The van der Waals surface area contributed by atoms with Crippen LogP contribution in [0.2, 0.25) is 19.1 Å². The molecule has 0 aliphatic carbocycles. The Morgan fingerprint density at radius 1 is 1.24 bits per heavy atom. The fourth-order valence-corrected chi connectivity index (χ4v) is 6.34. The summed E-state index contributed by atoms with van der Waals surface area (Å²) >= 11 is 0. The topological polar surface area (TPSA) is 36.9 Å². The van der Waals surface area contributed by atoms with Gasteiger partial charge in [0.2, 0.25) is 14.6 Å². The summed E-state index contributed by atoms with van der Waals surface area (Å²) in [5.41, 5.74) is 1.63. The van der Waals surface area contributed by atoms with Gasteiger partial charge in [-0.25, -0.2) is 4.89 Å². The first-order chi connectivity index (χ1) is 11.4. The van der Waals surface area contributed by atoms with E-state index in [9.17, 15) is 0 Å². The van der Waals surface area contributed by atoms with Crippen molar-refractivity contribution in [1.82, 2.24) is 0 Å². The van der Waals surface area contributed by atoms with Gasteiger partial charge in [0, 0.05) is 7.11 Å². The first-order valence-corrected chi connectivity index (χ1v) is 12.2. The number of methoxy groups -OCH3 is 1. The summed E-state index contributed by atoms with van der Waals surface area (Å²) in [5.74, 6) is 1.63. The minimum Gasteiger partial charge on any atom is -0.544 e. The lowest BCUT2D eigenvalue weighted by atomic mass is 9.82. The van der Waals surface area contributed by atoms with Crippen molar-refractivity contribution in [2.75, 3.05) is 7.11 Å². The van der Waals surface area contributed by atoms with E-state index in [0.29, 0.717) is 5.92 Å². The fraction of sp³-hybridized carbons (Fsp3) is 0.700. The summed E-state index contributed by atoms with van der Waals surface area (Å²) in [6, 6.07) is 7.48. The van der Waals surface area contributed by atoms with Crippen molar-refractivity contribution in [1.29, 1.82) is 0 Å². The zero-order chi connectivity index (χ0) is 19.0. The van der Waals surface area contributed by atoms with Crippen molar-refractivity contribution in [2.24, 2.45) is 5.92 Å². The molecular formula is C20H34O4Si. The fourth-order valence-electron chi connectivity index (χ4n) is 3.52. The third-order valence-electron chi connectivity index (χ3n) is 4.62. The molecule has 0 spiro atoms. The molecule has 0 aromatic heterocycles. The highest BCUT2D eigenvalue weighted by Crippen LogP contribution is 2.43. The molecule has 1 aliphatic rings. The smallest absolute Gasteiger partial charge is 0.245 e. The van der Waals surface area contributed by atoms with Crippen LogP contribution in [0, 0.1) is 5.92 Å². The summed E-state index contributed by atoms with van der Waals surface area (Å²) in [4.78, 5) is 10.5. The average Bonchev–Trinajstić information content (AvgIpc) is 2.43. The van der Waals surface area contributed by atoms with E-state index in [-0.39, 0.29) is 11.7 Å². The van der Waals surface area contributed by atoms with E-state index in [1.54, 1.807) is 7.11 Å². The summed E-state index contributed by atoms with van der Waals surface area (Å²) in [5, 5.41) is 0. The Morgan fingerprint density at radius 2 is 1.88 bits per heavy atom. The van der Waals surface area contributed by atoms with Crippen LogP contribution in [0.5, 0.6) is 5.75 Å². The maximum atomic E-state index is 6.58. The SMILES string of the molecule is COC1OOC1(C)c1ccc(O[Si](C)(C)CC(C)C)c(C(C)(C)C)c1. The van der Waals surface area contributed by atoms with E-state index in [2.05, 4.69) is 65.9 Å². The molecule has 142 valence electrons. The zero-order valence-electron chi connectivity index (χ0n) is 17.2. The molecule has 25 heavy (non-hydrogen) atoms. The summed E-state index contributed by atoms with van der Waals surface area (Å²) in [6.07, 6.45) is -0.390. The standard InChI is InChI=1S/C20H34O4Si/c1-14(2)13-25(8,9)23-17-11-10-15(12-16(17)19(3,4)5)20(6)18(21-7)22-24-20/h10-12,14,18H,13H2,1-9H3. The van der Waals surface area contributed by atoms with Gasteiger partial charge in [-0.2, -0.15) is 4.89 Å². The minimum absolute atomic E-state index is 0.0306. The molecule has 2 rings (SSSR count). The van der Waals surface area contributed by atoms with Crippen molar-refractivity contribution in [3.8, 4) is 5.75 Å². The van der Waals surface area contributed by atoms with Crippen molar-refractivity contribution in [3.63, 3.8) is 0 Å². The highest BCUT2D eigenvalue weighted by atomic mass is 28.4. The number of rotatable bonds is 6. The van der Waals surface area contributed by atoms with Crippen LogP contribution in [-0.2, 0) is 25.5 Å². The Morgan fingerprint density at radius 3 is 2.32 bits per heavy atom. The molecule has 2 unspecified atom stereocenters. The van der Waals surface area contributed by atoms with Crippen molar-refractivity contribution in [3.05, 3.63) is 29.3 Å². The molecule has 4 nitrogen and oxygen atoms in total. The van der Waals surface area contributed by atoms with Gasteiger partial charge in [0.15, 0.2) is 5.60 Å². The molecule has 1 aromatic rings. The lowest BCUT2D eigenvalue weighted by molar-refractivity contribution is -0.561. The molecule has 0 bridgehead atoms. The monoisotopic (exact) mass is 366 g/mol. The lowest BCUT2D eigenvalue weighted by Crippen LogP contribution is -2.52. The van der Waals surface area contributed by atoms with E-state index in [0.717, 1.165) is 17.4 Å². The molecule has 0 saturated carbocycles. The molecule has 1 heterocycles. The second-order valence-corrected chi connectivity index (χ2v) is 13.4. The van der Waals surface area contributed by atoms with Gasteiger partial charge in [0.25, 0.3) is 0 Å². The van der Waals surface area contributed by atoms with E-state index in [1.807, 2.05) is 6.92 Å². The Labute approximate surface area is 153 Å². The van der Waals surface area contributed by atoms with Gasteiger partial charge in [-0.1, -0.05) is 40.7 Å². The first-order valence-electron chi connectivity index (χ1n) is 9.10. The highest BCUT2D eigenvalue weighted by Gasteiger charge is 2.50. The number of hydrogen-bond donors (Lipinski definition) is 0. The molecule has 0 N–H and O–H groups in total. The largest absolute Gasteiger partial charge is 0.544 e. The second kappa shape index (κ2) is 7.03. The Bertz CT molecular complexity index is 604. The average molecular weight is 367 g/mol. The second-order valence-electron chi connectivity index (χ2n) is 9.27. The maximum Gasteiger partial charge on any atom is 0.245 e. The summed E-state index contributed by atoms with van der Waals surface area (Å²) < 4.78 is 11.9. The van der Waals surface area contributed by atoms with Crippen LogP contribution in [-0.4, -0.2) is 21.7 Å². The van der Waals surface area contributed by atoms with Crippen LogP contribution in [0.25, 0.3) is 0 Å². The van der Waals surface area contributed by atoms with Crippen molar-refractivity contribution < 1.29 is 18.9 Å². The number of hydrogen-bond acceptors (Lipinski definition) is 4. The summed E-state index contributed by atoms with van der Waals surface area (Å²) in [7, 11) is -0.143. The van der Waals surface area contributed by atoms with E-state index in [1.165, 1.54) is 5.56 Å². The molecule has 1 saturated heterocycles. The predicted octanol–water partition coefficient (Wildman–Crippen LogP) is 5.37. The maximum absolute atomic E-state index is 6.58. The zero-order valence-corrected chi connectivity index (χ0v) is 18.2. The molecular weight excluding hydrogens is 332 g/mol. The Hall–Kier alpha value is -0.883. The van der Waals surface area contributed by atoms with Gasteiger partial charge in [0.1, 0.15) is 5.75 Å². The minimum atomic E-state index is -1.78. The van der Waals surface area contributed by atoms with Crippen LogP contribution in [0.4, 0.5) is 0 Å². The van der Waals surface area contributed by atoms with Gasteiger partial charge in [-0.05, 0) is 60.7 Å². The van der Waals surface area contributed by atoms with Crippen molar-refractivity contribution in [2.45, 2.75) is 78.0 Å². The van der Waals surface area contributed by atoms with Gasteiger partial charge in [-0.3, -0.25) is 0 Å².